The predicted molar refractivity (Wildman–Crippen MR) is 137 cm³/mol. The summed E-state index contributed by atoms with van der Waals surface area (Å²) in [5.74, 6) is 0.895. The third kappa shape index (κ3) is 4.18. The minimum atomic E-state index is -0.595. The molecule has 0 saturated heterocycles. The maximum Gasteiger partial charge on any atom is 0.324 e. The standard InChI is InChI=1S/C29H36N2O4/c1-28(2,3)35-27(32)25-23(20-17-18(33-4)13-14-22(20)34-5)24-19-11-7-8-12-21(19)30-26(24)29(31-25)15-9-6-10-16-29/h7-8,11-14,17,23,25,30-31H,6,9-10,15-16H2,1-5H3/t23-,25+/m1/s1. The van der Waals surface area contributed by atoms with Crippen molar-refractivity contribution in [3.8, 4) is 11.5 Å². The molecule has 1 aliphatic carbocycles. The Morgan fingerprint density at radius 1 is 1.00 bits per heavy atom. The van der Waals surface area contributed by atoms with Crippen molar-refractivity contribution in [2.45, 2.75) is 76.0 Å². The number of methoxy groups -OCH3 is 2. The van der Waals surface area contributed by atoms with Crippen LogP contribution in [0.3, 0.4) is 0 Å². The number of carbonyl (C=O) groups excluding carboxylic acids is 1. The van der Waals surface area contributed by atoms with Crippen molar-refractivity contribution in [1.82, 2.24) is 10.3 Å². The van der Waals surface area contributed by atoms with E-state index in [4.69, 9.17) is 14.2 Å². The van der Waals surface area contributed by atoms with E-state index >= 15 is 0 Å². The number of H-pyrrole nitrogens is 1. The van der Waals surface area contributed by atoms with Gasteiger partial charge in [0.15, 0.2) is 0 Å². The molecule has 6 nitrogen and oxygen atoms in total. The molecule has 35 heavy (non-hydrogen) atoms. The van der Waals surface area contributed by atoms with Crippen LogP contribution in [0.25, 0.3) is 10.9 Å². The van der Waals surface area contributed by atoms with E-state index in [2.05, 4.69) is 34.6 Å². The number of hydrogen-bond acceptors (Lipinski definition) is 5. The van der Waals surface area contributed by atoms with E-state index in [1.165, 1.54) is 12.1 Å². The summed E-state index contributed by atoms with van der Waals surface area (Å²) in [5.41, 5.74) is 3.45. The van der Waals surface area contributed by atoms with E-state index in [1.807, 2.05) is 39.0 Å². The molecule has 2 atom stereocenters. The lowest BCUT2D eigenvalue weighted by atomic mass is 9.69. The highest BCUT2D eigenvalue weighted by atomic mass is 16.6. The Labute approximate surface area is 207 Å². The van der Waals surface area contributed by atoms with Crippen molar-refractivity contribution in [2.75, 3.05) is 14.2 Å². The number of fused-ring (bicyclic) bond motifs is 4. The summed E-state index contributed by atoms with van der Waals surface area (Å²) in [7, 11) is 3.33. The Morgan fingerprint density at radius 2 is 1.74 bits per heavy atom. The van der Waals surface area contributed by atoms with E-state index in [1.54, 1.807) is 14.2 Å². The fourth-order valence-corrected chi connectivity index (χ4v) is 6.01. The monoisotopic (exact) mass is 476 g/mol. The number of aromatic nitrogens is 1. The molecule has 0 bridgehead atoms. The quantitative estimate of drug-likeness (QED) is 0.466. The minimum Gasteiger partial charge on any atom is -0.497 e. The van der Waals surface area contributed by atoms with Gasteiger partial charge in [-0.05, 0) is 63.4 Å². The number of rotatable bonds is 4. The molecule has 0 radical (unpaired) electrons. The highest BCUT2D eigenvalue weighted by Crippen LogP contribution is 2.51. The van der Waals surface area contributed by atoms with Crippen LogP contribution < -0.4 is 14.8 Å². The van der Waals surface area contributed by atoms with Gasteiger partial charge in [-0.2, -0.15) is 0 Å². The van der Waals surface area contributed by atoms with Crippen molar-refractivity contribution < 1.29 is 19.0 Å². The van der Waals surface area contributed by atoms with Crippen LogP contribution in [0.4, 0.5) is 0 Å². The van der Waals surface area contributed by atoms with Crippen molar-refractivity contribution in [1.29, 1.82) is 0 Å². The van der Waals surface area contributed by atoms with Gasteiger partial charge in [-0.1, -0.05) is 37.5 Å². The topological polar surface area (TPSA) is 72.6 Å². The average molecular weight is 477 g/mol. The van der Waals surface area contributed by atoms with Crippen molar-refractivity contribution >= 4 is 16.9 Å². The molecule has 186 valence electrons. The van der Waals surface area contributed by atoms with Gasteiger partial charge in [0.05, 0.1) is 19.8 Å². The zero-order valence-corrected chi connectivity index (χ0v) is 21.4. The largest absolute Gasteiger partial charge is 0.497 e. The minimum absolute atomic E-state index is 0.242. The first kappa shape index (κ1) is 23.7. The molecule has 6 heteroatoms. The second kappa shape index (κ2) is 8.90. The lowest BCUT2D eigenvalue weighted by molar-refractivity contribution is -0.159. The molecular formula is C29H36N2O4. The maximum atomic E-state index is 13.9. The average Bonchev–Trinajstić information content (AvgIpc) is 3.24. The number of carbonyl (C=O) groups is 1. The fourth-order valence-electron chi connectivity index (χ4n) is 6.01. The molecule has 1 fully saturated rings. The van der Waals surface area contributed by atoms with E-state index in [0.717, 1.165) is 59.2 Å². The van der Waals surface area contributed by atoms with Gasteiger partial charge in [0.1, 0.15) is 23.1 Å². The molecule has 2 aromatic carbocycles. The Balaban J connectivity index is 1.79. The van der Waals surface area contributed by atoms with E-state index in [-0.39, 0.29) is 17.4 Å². The highest BCUT2D eigenvalue weighted by Gasteiger charge is 2.51. The lowest BCUT2D eigenvalue weighted by Crippen LogP contribution is -2.59. The SMILES string of the molecule is COc1ccc(OC)c([C@@H]2c3c([nH]c4ccccc34)C3(CCCCC3)N[C@@H]2C(=O)OC(C)(C)C)c1. The number of ether oxygens (including phenoxy) is 3. The molecule has 1 aliphatic heterocycles. The first-order valence-electron chi connectivity index (χ1n) is 12.6. The van der Waals surface area contributed by atoms with E-state index in [0.29, 0.717) is 0 Å². The number of nitrogens with one attached hydrogen (secondary N) is 2. The first-order valence-corrected chi connectivity index (χ1v) is 12.6. The van der Waals surface area contributed by atoms with E-state index in [9.17, 15) is 4.79 Å². The van der Waals surface area contributed by atoms with Crippen LogP contribution >= 0.6 is 0 Å². The number of para-hydroxylation sites is 1. The van der Waals surface area contributed by atoms with Crippen LogP contribution in [0.1, 0.15) is 75.6 Å². The summed E-state index contributed by atoms with van der Waals surface area (Å²) in [6.45, 7) is 5.76. The third-order valence-electron chi connectivity index (χ3n) is 7.44. The van der Waals surface area contributed by atoms with Crippen LogP contribution in [0.5, 0.6) is 11.5 Å². The van der Waals surface area contributed by atoms with Crippen LogP contribution in [-0.4, -0.2) is 36.8 Å². The number of aromatic amines is 1. The molecule has 0 unspecified atom stereocenters. The number of benzene rings is 2. The summed E-state index contributed by atoms with van der Waals surface area (Å²) in [5, 5.41) is 4.98. The van der Waals surface area contributed by atoms with Gasteiger partial charge in [-0.15, -0.1) is 0 Å². The number of esters is 1. The molecule has 2 heterocycles. The first-order chi connectivity index (χ1) is 16.8. The number of hydrogen-bond donors (Lipinski definition) is 2. The molecule has 2 aliphatic rings. The Bertz CT molecular complexity index is 1230. The zero-order chi connectivity index (χ0) is 24.8. The van der Waals surface area contributed by atoms with Gasteiger partial charge in [-0.3, -0.25) is 10.1 Å². The predicted octanol–water partition coefficient (Wildman–Crippen LogP) is 5.79. The Kier molecular flexibility index (Phi) is 6.04. The van der Waals surface area contributed by atoms with Gasteiger partial charge in [0, 0.05) is 28.1 Å². The van der Waals surface area contributed by atoms with Crippen LogP contribution in [0, 0.1) is 0 Å². The second-order valence-corrected chi connectivity index (χ2v) is 10.8. The van der Waals surface area contributed by atoms with Gasteiger partial charge >= 0.3 is 5.97 Å². The third-order valence-corrected chi connectivity index (χ3v) is 7.44. The maximum absolute atomic E-state index is 13.9. The van der Waals surface area contributed by atoms with Gasteiger partial charge in [0.2, 0.25) is 0 Å². The van der Waals surface area contributed by atoms with Crippen LogP contribution in [0.15, 0.2) is 42.5 Å². The second-order valence-electron chi connectivity index (χ2n) is 10.8. The zero-order valence-electron chi connectivity index (χ0n) is 21.4. The fraction of sp³-hybridized carbons (Fsp3) is 0.483. The summed E-state index contributed by atoms with van der Waals surface area (Å²) in [6.07, 6.45) is 5.41. The van der Waals surface area contributed by atoms with Crippen molar-refractivity contribution in [3.05, 3.63) is 59.3 Å². The summed E-state index contributed by atoms with van der Waals surface area (Å²) < 4.78 is 17.4. The molecule has 1 aromatic heterocycles. The molecule has 3 aromatic rings. The van der Waals surface area contributed by atoms with Gasteiger partial charge < -0.3 is 19.2 Å². The Hall–Kier alpha value is -2.99. The van der Waals surface area contributed by atoms with Gasteiger partial charge in [0.25, 0.3) is 0 Å². The van der Waals surface area contributed by atoms with Crippen LogP contribution in [0.2, 0.25) is 0 Å². The Morgan fingerprint density at radius 3 is 2.43 bits per heavy atom. The summed E-state index contributed by atoms with van der Waals surface area (Å²) in [6, 6.07) is 13.6. The normalized spacial score (nSPS) is 21.5. The molecular weight excluding hydrogens is 440 g/mol. The molecule has 1 spiro atoms. The van der Waals surface area contributed by atoms with Crippen molar-refractivity contribution in [2.24, 2.45) is 0 Å². The highest BCUT2D eigenvalue weighted by molar-refractivity contribution is 5.90. The van der Waals surface area contributed by atoms with E-state index < -0.39 is 11.6 Å². The van der Waals surface area contributed by atoms with Gasteiger partial charge in [-0.25, -0.2) is 0 Å². The summed E-state index contributed by atoms with van der Waals surface area (Å²) >= 11 is 0. The summed E-state index contributed by atoms with van der Waals surface area (Å²) in [4.78, 5) is 17.6. The molecule has 2 N–H and O–H groups in total. The molecule has 0 amide bonds. The van der Waals surface area contributed by atoms with Crippen LogP contribution in [-0.2, 0) is 15.1 Å². The van der Waals surface area contributed by atoms with Crippen molar-refractivity contribution in [3.63, 3.8) is 0 Å². The lowest BCUT2D eigenvalue weighted by Gasteiger charge is -2.47. The molecule has 5 rings (SSSR count). The smallest absolute Gasteiger partial charge is 0.324 e. The molecule has 1 saturated carbocycles.